The minimum Gasteiger partial charge on any atom is -0.326 e. The summed E-state index contributed by atoms with van der Waals surface area (Å²) >= 11 is 1.84. The van der Waals surface area contributed by atoms with E-state index in [0.717, 1.165) is 12.8 Å². The molecule has 3 heteroatoms. The van der Waals surface area contributed by atoms with Crippen LogP contribution in [0.25, 0.3) is 0 Å². The number of hydrogen-bond donors (Lipinski definition) is 1. The summed E-state index contributed by atoms with van der Waals surface area (Å²) in [5.74, 6) is 0.677. The molecule has 1 aromatic carbocycles. The Bertz CT molecular complexity index is 595. The topological polar surface area (TPSA) is 38.9 Å². The molecule has 1 aliphatic carbocycles. The molecule has 2 aromatic rings. The third-order valence-electron chi connectivity index (χ3n) is 4.82. The molecule has 2 N–H and O–H groups in total. The van der Waals surface area contributed by atoms with Crippen LogP contribution in [-0.2, 0) is 12.0 Å². The second-order valence-electron chi connectivity index (χ2n) is 5.96. The van der Waals surface area contributed by atoms with Crippen LogP contribution < -0.4 is 5.73 Å². The summed E-state index contributed by atoms with van der Waals surface area (Å²) in [4.78, 5) is 6.37. The lowest BCUT2D eigenvalue weighted by molar-refractivity contribution is 0.474. The number of nitrogens with two attached hydrogens (primary N) is 1. The van der Waals surface area contributed by atoms with Crippen LogP contribution in [0.5, 0.6) is 0 Å². The summed E-state index contributed by atoms with van der Waals surface area (Å²) in [5, 5.41) is 1.26. The van der Waals surface area contributed by atoms with Gasteiger partial charge in [-0.3, -0.25) is 0 Å². The van der Waals surface area contributed by atoms with Crippen LogP contribution in [0.2, 0.25) is 0 Å². The molecule has 1 fully saturated rings. The van der Waals surface area contributed by atoms with Gasteiger partial charge in [-0.1, -0.05) is 44.2 Å². The first-order valence-electron chi connectivity index (χ1n) is 8.00. The molecule has 1 aromatic heterocycles. The zero-order chi connectivity index (χ0) is 14.9. The molecule has 1 aliphatic rings. The number of hydrogen-bond acceptors (Lipinski definition) is 3. The van der Waals surface area contributed by atoms with Gasteiger partial charge in [-0.2, -0.15) is 0 Å². The maximum atomic E-state index is 5.96. The van der Waals surface area contributed by atoms with E-state index in [4.69, 9.17) is 10.7 Å². The predicted octanol–water partition coefficient (Wildman–Crippen LogP) is 4.59. The summed E-state index contributed by atoms with van der Waals surface area (Å²) in [7, 11) is 0. The fourth-order valence-corrected chi connectivity index (χ4v) is 4.61. The van der Waals surface area contributed by atoms with E-state index in [9.17, 15) is 0 Å². The molecule has 3 rings (SSSR count). The van der Waals surface area contributed by atoms with Crippen LogP contribution in [0.15, 0.2) is 30.3 Å². The first kappa shape index (κ1) is 14.7. The van der Waals surface area contributed by atoms with Crippen molar-refractivity contribution in [2.24, 2.45) is 5.73 Å². The third kappa shape index (κ3) is 2.53. The Morgan fingerprint density at radius 2 is 1.86 bits per heavy atom. The van der Waals surface area contributed by atoms with Crippen molar-refractivity contribution in [2.45, 2.75) is 57.4 Å². The molecule has 0 bridgehead atoms. The van der Waals surface area contributed by atoms with E-state index in [1.807, 2.05) is 11.3 Å². The Kier molecular flexibility index (Phi) is 4.14. The Morgan fingerprint density at radius 3 is 2.38 bits per heavy atom. The number of nitrogens with zero attached hydrogens (tertiary/aromatic N) is 1. The Hall–Kier alpha value is -1.19. The van der Waals surface area contributed by atoms with E-state index in [1.54, 1.807) is 0 Å². The van der Waals surface area contributed by atoms with Crippen molar-refractivity contribution in [3.05, 3.63) is 51.5 Å². The molecule has 0 unspecified atom stereocenters. The van der Waals surface area contributed by atoms with Crippen LogP contribution in [0, 0.1) is 0 Å². The number of aromatic nitrogens is 1. The van der Waals surface area contributed by atoms with Crippen LogP contribution >= 0.6 is 11.3 Å². The zero-order valence-electron chi connectivity index (χ0n) is 12.9. The lowest BCUT2D eigenvalue weighted by Gasteiger charge is -2.30. The standard InChI is InChI=1S/C18H24N2S/c1-3-18(4-2,14-8-6-5-7-9-14)17-20-16(13-10-11-13)15(12-19)21-17/h5-9,13H,3-4,10-12,19H2,1-2H3. The van der Waals surface area contributed by atoms with Gasteiger partial charge in [0.15, 0.2) is 0 Å². The van der Waals surface area contributed by atoms with Crippen molar-refractivity contribution in [1.82, 2.24) is 4.98 Å². The Morgan fingerprint density at radius 1 is 1.19 bits per heavy atom. The van der Waals surface area contributed by atoms with E-state index in [1.165, 1.54) is 34.0 Å². The largest absolute Gasteiger partial charge is 0.326 e. The van der Waals surface area contributed by atoms with Gasteiger partial charge < -0.3 is 5.73 Å². The van der Waals surface area contributed by atoms with Gasteiger partial charge in [0.2, 0.25) is 0 Å². The van der Waals surface area contributed by atoms with Crippen molar-refractivity contribution >= 4 is 11.3 Å². The Labute approximate surface area is 131 Å². The summed E-state index contributed by atoms with van der Waals surface area (Å²) in [6, 6.07) is 10.8. The Balaban J connectivity index is 2.09. The van der Waals surface area contributed by atoms with Crippen LogP contribution in [0.3, 0.4) is 0 Å². The highest BCUT2D eigenvalue weighted by molar-refractivity contribution is 7.12. The number of benzene rings is 1. The molecule has 0 radical (unpaired) electrons. The fraction of sp³-hybridized carbons (Fsp3) is 0.500. The fourth-order valence-electron chi connectivity index (χ4n) is 3.23. The monoisotopic (exact) mass is 300 g/mol. The zero-order valence-corrected chi connectivity index (χ0v) is 13.7. The first-order chi connectivity index (χ1) is 10.2. The molecule has 0 aliphatic heterocycles. The second-order valence-corrected chi connectivity index (χ2v) is 7.04. The molecule has 0 atom stereocenters. The SMILES string of the molecule is CCC(CC)(c1ccccc1)c1nc(C2CC2)c(CN)s1. The molecular weight excluding hydrogens is 276 g/mol. The number of rotatable bonds is 6. The van der Waals surface area contributed by atoms with Gasteiger partial charge in [0.25, 0.3) is 0 Å². The molecule has 0 spiro atoms. The van der Waals surface area contributed by atoms with Crippen molar-refractivity contribution in [1.29, 1.82) is 0 Å². The molecule has 1 saturated carbocycles. The lowest BCUT2D eigenvalue weighted by atomic mass is 9.76. The molecule has 112 valence electrons. The minimum atomic E-state index is 0.0446. The molecule has 1 heterocycles. The van der Waals surface area contributed by atoms with Crippen LogP contribution in [0.1, 0.15) is 66.6 Å². The van der Waals surface area contributed by atoms with Gasteiger partial charge in [-0.05, 0) is 31.2 Å². The molecule has 0 saturated heterocycles. The molecule has 21 heavy (non-hydrogen) atoms. The van der Waals surface area contributed by atoms with Crippen molar-refractivity contribution in [3.63, 3.8) is 0 Å². The molecule has 2 nitrogen and oxygen atoms in total. The average Bonchev–Trinajstić information content (AvgIpc) is 3.30. The van der Waals surface area contributed by atoms with Crippen molar-refractivity contribution in [3.8, 4) is 0 Å². The average molecular weight is 300 g/mol. The highest BCUT2D eigenvalue weighted by Gasteiger charge is 2.37. The second kappa shape index (κ2) is 5.90. The quantitative estimate of drug-likeness (QED) is 0.847. The van der Waals surface area contributed by atoms with Gasteiger partial charge >= 0.3 is 0 Å². The van der Waals surface area contributed by atoms with E-state index < -0.39 is 0 Å². The van der Waals surface area contributed by atoms with Gasteiger partial charge in [0.1, 0.15) is 5.01 Å². The maximum Gasteiger partial charge on any atom is 0.104 e. The van der Waals surface area contributed by atoms with E-state index in [0.29, 0.717) is 12.5 Å². The number of thiazole rings is 1. The van der Waals surface area contributed by atoms with Gasteiger partial charge in [-0.15, -0.1) is 11.3 Å². The summed E-state index contributed by atoms with van der Waals surface area (Å²) < 4.78 is 0. The smallest absolute Gasteiger partial charge is 0.104 e. The summed E-state index contributed by atoms with van der Waals surface area (Å²) in [5.41, 5.74) is 8.68. The minimum absolute atomic E-state index is 0.0446. The highest BCUT2D eigenvalue weighted by Crippen LogP contribution is 2.47. The van der Waals surface area contributed by atoms with Gasteiger partial charge in [-0.25, -0.2) is 4.98 Å². The normalized spacial score (nSPS) is 15.4. The van der Waals surface area contributed by atoms with E-state index in [2.05, 4.69) is 44.2 Å². The highest BCUT2D eigenvalue weighted by atomic mass is 32.1. The van der Waals surface area contributed by atoms with Crippen LogP contribution in [0.4, 0.5) is 0 Å². The summed E-state index contributed by atoms with van der Waals surface area (Å²) in [6.45, 7) is 5.18. The van der Waals surface area contributed by atoms with Crippen LogP contribution in [-0.4, -0.2) is 4.98 Å². The van der Waals surface area contributed by atoms with E-state index >= 15 is 0 Å². The van der Waals surface area contributed by atoms with E-state index in [-0.39, 0.29) is 5.41 Å². The first-order valence-corrected chi connectivity index (χ1v) is 8.82. The lowest BCUT2D eigenvalue weighted by Crippen LogP contribution is -2.25. The maximum absolute atomic E-state index is 5.96. The molecular formula is C18H24N2S. The predicted molar refractivity (Wildman–Crippen MR) is 89.8 cm³/mol. The van der Waals surface area contributed by atoms with Gasteiger partial charge in [0.05, 0.1) is 5.69 Å². The third-order valence-corrected chi connectivity index (χ3v) is 6.12. The summed E-state index contributed by atoms with van der Waals surface area (Å²) in [6.07, 6.45) is 4.73. The van der Waals surface area contributed by atoms with Crippen molar-refractivity contribution < 1.29 is 0 Å². The van der Waals surface area contributed by atoms with Crippen molar-refractivity contribution in [2.75, 3.05) is 0 Å². The van der Waals surface area contributed by atoms with Gasteiger partial charge in [0, 0.05) is 22.8 Å². The molecule has 0 amide bonds.